The third-order valence-electron chi connectivity index (χ3n) is 2.76. The van der Waals surface area contributed by atoms with Gasteiger partial charge in [0.15, 0.2) is 0 Å². The molecule has 0 aliphatic heterocycles. The monoisotopic (exact) mass is 293 g/mol. The largest absolute Gasteiger partial charge is 0.241 e. The Morgan fingerprint density at radius 2 is 2.14 bits per heavy atom. The van der Waals surface area contributed by atoms with E-state index in [0.29, 0.717) is 16.3 Å². The highest BCUT2D eigenvalue weighted by molar-refractivity contribution is 7.11. The molecule has 0 saturated carbocycles. The van der Waals surface area contributed by atoms with E-state index in [2.05, 4.69) is 21.3 Å². The second kappa shape index (κ2) is 5.69. The summed E-state index contributed by atoms with van der Waals surface area (Å²) in [5, 5.41) is 20.4. The predicted octanol–water partition coefficient (Wildman–Crippen LogP) is 3.10. The van der Waals surface area contributed by atoms with E-state index >= 15 is 0 Å². The summed E-state index contributed by atoms with van der Waals surface area (Å²) in [4.78, 5) is 5.85. The summed E-state index contributed by atoms with van der Waals surface area (Å²) >= 11 is 1.45. The molecule has 0 unspecified atom stereocenters. The van der Waals surface area contributed by atoms with Crippen molar-refractivity contribution in [2.24, 2.45) is 0 Å². The number of para-hydroxylation sites is 1. The summed E-state index contributed by atoms with van der Waals surface area (Å²) in [6.45, 7) is 1.90. The fourth-order valence-corrected chi connectivity index (χ4v) is 2.56. The van der Waals surface area contributed by atoms with Crippen LogP contribution in [0.25, 0.3) is 17.3 Å². The van der Waals surface area contributed by atoms with Gasteiger partial charge in [-0.15, -0.1) is 16.4 Å². The molecule has 0 spiro atoms. The summed E-state index contributed by atoms with van der Waals surface area (Å²) in [6.07, 6.45) is 3.33. The van der Waals surface area contributed by atoms with Crippen molar-refractivity contribution in [3.8, 4) is 11.8 Å². The number of rotatable bonds is 3. The van der Waals surface area contributed by atoms with Gasteiger partial charge in [0.2, 0.25) is 0 Å². The van der Waals surface area contributed by atoms with Crippen LogP contribution in [0.1, 0.15) is 16.4 Å². The topological polar surface area (TPSA) is 67.4 Å². The molecule has 0 aliphatic carbocycles. The molecule has 5 nitrogen and oxygen atoms in total. The molecule has 0 saturated heterocycles. The van der Waals surface area contributed by atoms with Crippen LogP contribution in [0.5, 0.6) is 0 Å². The van der Waals surface area contributed by atoms with Crippen molar-refractivity contribution in [1.82, 2.24) is 20.0 Å². The second-order valence-electron chi connectivity index (χ2n) is 4.36. The van der Waals surface area contributed by atoms with Crippen molar-refractivity contribution < 1.29 is 0 Å². The van der Waals surface area contributed by atoms with Crippen LogP contribution in [0.3, 0.4) is 0 Å². The lowest BCUT2D eigenvalue weighted by molar-refractivity contribution is 0.750. The number of aryl methyl sites for hydroxylation is 1. The zero-order chi connectivity index (χ0) is 14.7. The first-order chi connectivity index (χ1) is 10.3. The van der Waals surface area contributed by atoms with Crippen molar-refractivity contribution in [2.75, 3.05) is 0 Å². The molecule has 0 amide bonds. The lowest BCUT2D eigenvalue weighted by atomic mass is 10.2. The third kappa shape index (κ3) is 2.88. The molecule has 102 valence electrons. The van der Waals surface area contributed by atoms with Gasteiger partial charge in [-0.1, -0.05) is 18.2 Å². The molecule has 3 rings (SSSR count). The molecular formula is C15H11N5S. The maximum Gasteiger partial charge on any atom is 0.134 e. The van der Waals surface area contributed by atoms with Gasteiger partial charge in [-0.2, -0.15) is 15.2 Å². The lowest BCUT2D eigenvalue weighted by Crippen LogP contribution is -1.97. The summed E-state index contributed by atoms with van der Waals surface area (Å²) in [7, 11) is 0. The van der Waals surface area contributed by atoms with E-state index < -0.39 is 0 Å². The minimum Gasteiger partial charge on any atom is -0.241 e. The van der Waals surface area contributed by atoms with E-state index in [4.69, 9.17) is 0 Å². The zero-order valence-electron chi connectivity index (χ0n) is 11.3. The molecule has 0 fully saturated rings. The van der Waals surface area contributed by atoms with Gasteiger partial charge in [0.05, 0.1) is 17.5 Å². The van der Waals surface area contributed by atoms with Crippen LogP contribution in [-0.4, -0.2) is 20.0 Å². The molecule has 3 aromatic rings. The van der Waals surface area contributed by atoms with E-state index in [1.807, 2.05) is 42.6 Å². The van der Waals surface area contributed by atoms with Crippen LogP contribution in [0.2, 0.25) is 0 Å². The number of thiazole rings is 1. The quantitative estimate of drug-likeness (QED) is 0.696. The highest BCUT2D eigenvalue weighted by Gasteiger charge is 2.07. The number of benzene rings is 1. The Bertz CT molecular complexity index is 823. The SMILES string of the molecule is Cc1csc(/C(C#N)=C/c2cnn(-c3ccccc3)n2)n1. The fraction of sp³-hybridized carbons (Fsp3) is 0.0667. The van der Waals surface area contributed by atoms with Gasteiger partial charge in [-0.3, -0.25) is 0 Å². The Kier molecular flexibility index (Phi) is 3.58. The molecule has 0 N–H and O–H groups in total. The second-order valence-corrected chi connectivity index (χ2v) is 5.22. The van der Waals surface area contributed by atoms with E-state index in [1.165, 1.54) is 16.1 Å². The van der Waals surface area contributed by atoms with Crippen molar-refractivity contribution in [2.45, 2.75) is 6.92 Å². The predicted molar refractivity (Wildman–Crippen MR) is 81.7 cm³/mol. The average Bonchev–Trinajstić information content (AvgIpc) is 3.15. The van der Waals surface area contributed by atoms with Gasteiger partial charge >= 0.3 is 0 Å². The van der Waals surface area contributed by atoms with Crippen LogP contribution < -0.4 is 0 Å². The summed E-state index contributed by atoms with van der Waals surface area (Å²) in [5.41, 5.74) is 2.90. The Labute approximate surface area is 125 Å². The molecule has 0 atom stereocenters. The van der Waals surface area contributed by atoms with Gasteiger partial charge < -0.3 is 0 Å². The lowest BCUT2D eigenvalue weighted by Gasteiger charge is -1.96. The smallest absolute Gasteiger partial charge is 0.134 e. The molecule has 0 aliphatic rings. The molecule has 2 aromatic heterocycles. The van der Waals surface area contributed by atoms with Crippen LogP contribution in [0.4, 0.5) is 0 Å². The Balaban J connectivity index is 1.93. The van der Waals surface area contributed by atoms with Crippen LogP contribution in [0, 0.1) is 18.3 Å². The molecule has 6 heteroatoms. The van der Waals surface area contributed by atoms with Crippen molar-refractivity contribution >= 4 is 23.0 Å². The summed E-state index contributed by atoms with van der Waals surface area (Å²) in [6, 6.07) is 11.8. The number of allylic oxidation sites excluding steroid dienone is 1. The zero-order valence-corrected chi connectivity index (χ0v) is 12.1. The van der Waals surface area contributed by atoms with Gasteiger partial charge in [0, 0.05) is 11.1 Å². The van der Waals surface area contributed by atoms with E-state index in [0.717, 1.165) is 11.4 Å². The van der Waals surface area contributed by atoms with E-state index in [9.17, 15) is 5.26 Å². The van der Waals surface area contributed by atoms with Gasteiger partial charge in [-0.25, -0.2) is 4.98 Å². The van der Waals surface area contributed by atoms with Gasteiger partial charge in [0.1, 0.15) is 16.8 Å². The first-order valence-corrected chi connectivity index (χ1v) is 7.16. The first-order valence-electron chi connectivity index (χ1n) is 6.28. The van der Waals surface area contributed by atoms with Crippen molar-refractivity contribution in [3.05, 3.63) is 58.3 Å². The number of aromatic nitrogens is 4. The maximum atomic E-state index is 9.27. The van der Waals surface area contributed by atoms with Crippen LogP contribution >= 0.6 is 11.3 Å². The fourth-order valence-electron chi connectivity index (χ4n) is 1.79. The minimum atomic E-state index is 0.494. The first kappa shape index (κ1) is 13.2. The van der Waals surface area contributed by atoms with E-state index in [1.54, 1.807) is 12.3 Å². The number of hydrogen-bond acceptors (Lipinski definition) is 5. The van der Waals surface area contributed by atoms with Crippen LogP contribution in [-0.2, 0) is 0 Å². The minimum absolute atomic E-state index is 0.494. The molecule has 0 bridgehead atoms. The van der Waals surface area contributed by atoms with Gasteiger partial charge in [0.25, 0.3) is 0 Å². The number of nitriles is 1. The Hall–Kier alpha value is -2.78. The van der Waals surface area contributed by atoms with Crippen molar-refractivity contribution in [3.63, 3.8) is 0 Å². The van der Waals surface area contributed by atoms with E-state index in [-0.39, 0.29) is 0 Å². The molecule has 0 radical (unpaired) electrons. The van der Waals surface area contributed by atoms with Crippen molar-refractivity contribution in [1.29, 1.82) is 5.26 Å². The Morgan fingerprint density at radius 3 is 2.81 bits per heavy atom. The molecule has 21 heavy (non-hydrogen) atoms. The highest BCUT2D eigenvalue weighted by Crippen LogP contribution is 2.20. The third-order valence-corrected chi connectivity index (χ3v) is 3.75. The highest BCUT2D eigenvalue weighted by atomic mass is 32.1. The standard InChI is InChI=1S/C15H11N5S/c1-11-10-21-15(18-11)12(8-16)7-13-9-17-20(19-13)14-5-3-2-4-6-14/h2-7,9-10H,1H3/b12-7+. The maximum absolute atomic E-state index is 9.27. The molecule has 2 heterocycles. The Morgan fingerprint density at radius 1 is 1.33 bits per heavy atom. The normalized spacial score (nSPS) is 11.3. The van der Waals surface area contributed by atoms with Crippen LogP contribution in [0.15, 0.2) is 41.9 Å². The molecular weight excluding hydrogens is 282 g/mol. The van der Waals surface area contributed by atoms with Gasteiger partial charge in [-0.05, 0) is 25.1 Å². The summed E-state index contributed by atoms with van der Waals surface area (Å²) < 4.78 is 0. The molecule has 1 aromatic carbocycles. The summed E-state index contributed by atoms with van der Waals surface area (Å²) in [5.74, 6) is 0. The number of hydrogen-bond donors (Lipinski definition) is 0. The number of nitrogens with zero attached hydrogens (tertiary/aromatic N) is 5. The average molecular weight is 293 g/mol.